The highest BCUT2D eigenvalue weighted by atomic mass is 16.4. The molecule has 0 spiro atoms. The van der Waals surface area contributed by atoms with E-state index in [1.807, 2.05) is 0 Å². The first-order valence-corrected chi connectivity index (χ1v) is 6.99. The third-order valence-corrected chi connectivity index (χ3v) is 4.67. The minimum absolute atomic E-state index is 0.0171. The third-order valence-electron chi connectivity index (χ3n) is 4.67. The largest absolute Gasteiger partial charge is 0.481 e. The maximum absolute atomic E-state index is 12.4. The van der Waals surface area contributed by atoms with E-state index in [1.54, 1.807) is 4.90 Å². The molecule has 114 valence electrons. The van der Waals surface area contributed by atoms with Gasteiger partial charge in [-0.3, -0.25) is 19.3 Å². The standard InChI is InChI=1S/C13H17N3O5/c1-14-5-10(17)15(13(14)21)6-11(18)16-7-2-3-9(16)8(4-7)12(19)20/h7-9H,2-6H2,1H3,(H,19,20). The number of carboxylic acids is 1. The Labute approximate surface area is 121 Å². The van der Waals surface area contributed by atoms with Crippen LogP contribution in [0.25, 0.3) is 0 Å². The lowest BCUT2D eigenvalue weighted by Crippen LogP contribution is -2.46. The molecule has 1 N–H and O–H groups in total. The molecular formula is C13H17N3O5. The number of carboxylic acid groups (broad SMARTS) is 1. The van der Waals surface area contributed by atoms with E-state index in [1.165, 1.54) is 11.9 Å². The van der Waals surface area contributed by atoms with Crippen LogP contribution in [0.1, 0.15) is 19.3 Å². The molecule has 0 aliphatic carbocycles. The summed E-state index contributed by atoms with van der Waals surface area (Å²) in [7, 11) is 1.50. The molecule has 3 aliphatic heterocycles. The number of amides is 4. The molecule has 21 heavy (non-hydrogen) atoms. The molecule has 4 amide bonds. The number of urea groups is 1. The molecule has 3 rings (SSSR count). The highest BCUT2D eigenvalue weighted by molar-refractivity contribution is 6.04. The Hall–Kier alpha value is -2.12. The highest BCUT2D eigenvalue weighted by Crippen LogP contribution is 2.41. The quantitative estimate of drug-likeness (QED) is 0.697. The van der Waals surface area contributed by atoms with Gasteiger partial charge in [0.25, 0.3) is 5.91 Å². The number of hydrogen-bond acceptors (Lipinski definition) is 4. The average molecular weight is 295 g/mol. The smallest absolute Gasteiger partial charge is 0.327 e. The SMILES string of the molecule is CN1CC(=O)N(CC(=O)N2C3CCC2C(C(=O)O)C3)C1=O. The lowest BCUT2D eigenvalue weighted by atomic mass is 9.89. The number of likely N-dealkylation sites (N-methyl/N-ethyl adjacent to an activating group) is 1. The molecule has 2 bridgehead atoms. The van der Waals surface area contributed by atoms with E-state index >= 15 is 0 Å². The van der Waals surface area contributed by atoms with Gasteiger partial charge < -0.3 is 14.9 Å². The van der Waals surface area contributed by atoms with Gasteiger partial charge in [0.15, 0.2) is 0 Å². The molecule has 0 radical (unpaired) electrons. The van der Waals surface area contributed by atoms with Crippen molar-refractivity contribution in [1.29, 1.82) is 0 Å². The van der Waals surface area contributed by atoms with Gasteiger partial charge >= 0.3 is 12.0 Å². The Morgan fingerprint density at radius 2 is 2.00 bits per heavy atom. The van der Waals surface area contributed by atoms with Crippen molar-refractivity contribution in [1.82, 2.24) is 14.7 Å². The molecule has 0 aromatic carbocycles. The van der Waals surface area contributed by atoms with E-state index in [0.29, 0.717) is 12.8 Å². The lowest BCUT2D eigenvalue weighted by molar-refractivity contribution is -0.143. The van der Waals surface area contributed by atoms with Crippen LogP contribution in [-0.2, 0) is 14.4 Å². The van der Waals surface area contributed by atoms with Crippen molar-refractivity contribution in [2.45, 2.75) is 31.3 Å². The minimum atomic E-state index is -0.881. The zero-order valence-electron chi connectivity index (χ0n) is 11.7. The van der Waals surface area contributed by atoms with Gasteiger partial charge in [-0.25, -0.2) is 4.79 Å². The number of nitrogens with zero attached hydrogens (tertiary/aromatic N) is 3. The van der Waals surface area contributed by atoms with Crippen molar-refractivity contribution >= 4 is 23.8 Å². The molecule has 3 aliphatic rings. The second-order valence-corrected chi connectivity index (χ2v) is 5.90. The molecule has 3 fully saturated rings. The Morgan fingerprint density at radius 1 is 1.29 bits per heavy atom. The van der Waals surface area contributed by atoms with Gasteiger partial charge in [0.1, 0.15) is 13.1 Å². The van der Waals surface area contributed by atoms with Crippen LogP contribution in [0.4, 0.5) is 4.79 Å². The first kappa shape index (κ1) is 13.8. The number of hydrogen-bond donors (Lipinski definition) is 1. The first-order valence-electron chi connectivity index (χ1n) is 6.99. The van der Waals surface area contributed by atoms with Crippen LogP contribution in [0.15, 0.2) is 0 Å². The fourth-order valence-corrected chi connectivity index (χ4v) is 3.68. The van der Waals surface area contributed by atoms with Gasteiger partial charge in [-0.05, 0) is 19.3 Å². The number of rotatable bonds is 3. The summed E-state index contributed by atoms with van der Waals surface area (Å²) in [4.78, 5) is 50.8. The summed E-state index contributed by atoms with van der Waals surface area (Å²) in [5.74, 6) is -2.13. The molecule has 0 aromatic heterocycles. The van der Waals surface area contributed by atoms with Crippen LogP contribution in [-0.4, -0.2) is 75.8 Å². The first-order chi connectivity index (χ1) is 9.90. The second-order valence-electron chi connectivity index (χ2n) is 5.90. The molecule has 8 heteroatoms. The number of fused-ring (bicyclic) bond motifs is 2. The molecule has 3 unspecified atom stereocenters. The highest BCUT2D eigenvalue weighted by Gasteiger charge is 2.51. The Bertz CT molecular complexity index is 534. The number of carbonyl (C=O) groups excluding carboxylic acids is 3. The van der Waals surface area contributed by atoms with E-state index in [-0.39, 0.29) is 31.1 Å². The summed E-state index contributed by atoms with van der Waals surface area (Å²) in [6.45, 7) is -0.307. The van der Waals surface area contributed by atoms with E-state index in [0.717, 1.165) is 11.3 Å². The summed E-state index contributed by atoms with van der Waals surface area (Å²) in [5, 5.41) is 9.17. The summed E-state index contributed by atoms with van der Waals surface area (Å²) >= 11 is 0. The number of imide groups is 1. The van der Waals surface area contributed by atoms with E-state index < -0.39 is 23.8 Å². The summed E-state index contributed by atoms with van der Waals surface area (Å²) in [6.07, 6.45) is 1.94. The van der Waals surface area contributed by atoms with Crippen molar-refractivity contribution in [3.05, 3.63) is 0 Å². The van der Waals surface area contributed by atoms with E-state index in [4.69, 9.17) is 0 Å². The summed E-state index contributed by atoms with van der Waals surface area (Å²) < 4.78 is 0. The van der Waals surface area contributed by atoms with Gasteiger partial charge in [-0.15, -0.1) is 0 Å². The fourth-order valence-electron chi connectivity index (χ4n) is 3.68. The maximum Gasteiger partial charge on any atom is 0.327 e. The zero-order chi connectivity index (χ0) is 15.3. The molecule has 3 heterocycles. The molecule has 0 aromatic rings. The predicted molar refractivity (Wildman–Crippen MR) is 69.1 cm³/mol. The van der Waals surface area contributed by atoms with Crippen molar-refractivity contribution < 1.29 is 24.3 Å². The topological polar surface area (TPSA) is 98.2 Å². The minimum Gasteiger partial charge on any atom is -0.481 e. The van der Waals surface area contributed by atoms with Gasteiger partial charge in [0.2, 0.25) is 5.91 Å². The molecular weight excluding hydrogens is 278 g/mol. The molecule has 3 atom stereocenters. The summed E-state index contributed by atoms with van der Waals surface area (Å²) in [6, 6.07) is -0.852. The van der Waals surface area contributed by atoms with Crippen molar-refractivity contribution in [3.63, 3.8) is 0 Å². The molecule has 8 nitrogen and oxygen atoms in total. The summed E-state index contributed by atoms with van der Waals surface area (Å²) in [5.41, 5.74) is 0. The number of carbonyl (C=O) groups is 4. The van der Waals surface area contributed by atoms with Crippen LogP contribution in [0.5, 0.6) is 0 Å². The van der Waals surface area contributed by atoms with Crippen molar-refractivity contribution in [2.24, 2.45) is 5.92 Å². The third kappa shape index (κ3) is 2.05. The van der Waals surface area contributed by atoms with Gasteiger partial charge in [0, 0.05) is 19.1 Å². The van der Waals surface area contributed by atoms with Crippen LogP contribution in [0.3, 0.4) is 0 Å². The Morgan fingerprint density at radius 3 is 2.52 bits per heavy atom. The molecule has 3 saturated heterocycles. The van der Waals surface area contributed by atoms with Crippen LogP contribution in [0.2, 0.25) is 0 Å². The van der Waals surface area contributed by atoms with Gasteiger partial charge in [0.05, 0.1) is 5.92 Å². The van der Waals surface area contributed by atoms with Crippen LogP contribution >= 0.6 is 0 Å². The maximum atomic E-state index is 12.4. The van der Waals surface area contributed by atoms with Gasteiger partial charge in [-0.2, -0.15) is 0 Å². The lowest BCUT2D eigenvalue weighted by Gasteiger charge is -2.25. The van der Waals surface area contributed by atoms with Crippen LogP contribution in [0, 0.1) is 5.92 Å². The molecule has 0 saturated carbocycles. The van der Waals surface area contributed by atoms with Crippen molar-refractivity contribution in [2.75, 3.05) is 20.1 Å². The van der Waals surface area contributed by atoms with Crippen LogP contribution < -0.4 is 0 Å². The fraction of sp³-hybridized carbons (Fsp3) is 0.692. The average Bonchev–Trinajstić information content (AvgIpc) is 3.06. The Balaban J connectivity index is 1.71. The van der Waals surface area contributed by atoms with Gasteiger partial charge in [-0.1, -0.05) is 0 Å². The number of aliphatic carboxylic acids is 1. The monoisotopic (exact) mass is 295 g/mol. The van der Waals surface area contributed by atoms with Crippen molar-refractivity contribution in [3.8, 4) is 0 Å². The predicted octanol–water partition coefficient (Wildman–Crippen LogP) is -0.655. The zero-order valence-corrected chi connectivity index (χ0v) is 11.7. The normalized spacial score (nSPS) is 31.5. The van der Waals surface area contributed by atoms with E-state index in [9.17, 15) is 24.3 Å². The Kier molecular flexibility index (Phi) is 3.11. The second kappa shape index (κ2) is 4.71. The van der Waals surface area contributed by atoms with E-state index in [2.05, 4.69) is 0 Å².